The van der Waals surface area contributed by atoms with Crippen molar-refractivity contribution in [3.8, 4) is 22.6 Å². The summed E-state index contributed by atoms with van der Waals surface area (Å²) in [5.74, 6) is 1.30. The number of rotatable bonds is 5. The summed E-state index contributed by atoms with van der Waals surface area (Å²) in [7, 11) is 0. The summed E-state index contributed by atoms with van der Waals surface area (Å²) in [5, 5.41) is 0. The molecule has 7 heteroatoms. The average molecular weight is 534 g/mol. The third-order valence-electron chi connectivity index (χ3n) is 8.35. The lowest BCUT2D eigenvalue weighted by Gasteiger charge is -2.38. The maximum atomic E-state index is 13.8. The quantitative estimate of drug-likeness (QED) is 0.299. The predicted molar refractivity (Wildman–Crippen MR) is 146 cm³/mol. The van der Waals surface area contributed by atoms with Crippen LogP contribution in [0.2, 0.25) is 0 Å². The zero-order valence-electron chi connectivity index (χ0n) is 21.7. The molecule has 3 atom stereocenters. The van der Waals surface area contributed by atoms with Gasteiger partial charge in [0.05, 0.1) is 19.3 Å². The molecule has 4 aliphatic rings. The van der Waals surface area contributed by atoms with E-state index in [2.05, 4.69) is 24.3 Å². The van der Waals surface area contributed by atoms with Crippen molar-refractivity contribution in [1.29, 1.82) is 0 Å². The van der Waals surface area contributed by atoms with Gasteiger partial charge < -0.3 is 23.7 Å². The minimum atomic E-state index is -0.582. The number of carbonyl (C=O) groups is 1. The van der Waals surface area contributed by atoms with Gasteiger partial charge in [-0.3, -0.25) is 4.90 Å². The van der Waals surface area contributed by atoms with Gasteiger partial charge in [0.1, 0.15) is 12.7 Å². The molecule has 0 saturated carbocycles. The van der Waals surface area contributed by atoms with Crippen molar-refractivity contribution < 1.29 is 28.5 Å². The molecule has 3 aliphatic heterocycles. The molecule has 1 aliphatic carbocycles. The highest BCUT2D eigenvalue weighted by molar-refractivity contribution is 5.79. The minimum Gasteiger partial charge on any atom is -0.454 e. The zero-order valence-corrected chi connectivity index (χ0v) is 21.7. The van der Waals surface area contributed by atoms with Gasteiger partial charge >= 0.3 is 6.09 Å². The molecule has 40 heavy (non-hydrogen) atoms. The molecule has 4 aromatic rings. The molecule has 3 heterocycles. The Morgan fingerprint density at radius 3 is 2.17 bits per heavy atom. The van der Waals surface area contributed by atoms with Crippen LogP contribution in [0.3, 0.4) is 0 Å². The number of amides is 1. The molecule has 1 fully saturated rings. The Hall–Kier alpha value is -4.33. The van der Waals surface area contributed by atoms with E-state index in [-0.39, 0.29) is 25.4 Å². The second-order valence-electron chi connectivity index (χ2n) is 10.5. The number of carbonyl (C=O) groups excluding carboxylic acids is 1. The van der Waals surface area contributed by atoms with Crippen LogP contribution in [0.4, 0.5) is 4.79 Å². The maximum absolute atomic E-state index is 13.8. The van der Waals surface area contributed by atoms with Crippen molar-refractivity contribution >= 4 is 6.09 Å². The number of benzene rings is 4. The van der Waals surface area contributed by atoms with Crippen LogP contribution >= 0.6 is 0 Å². The topological polar surface area (TPSA) is 66.5 Å². The van der Waals surface area contributed by atoms with Crippen molar-refractivity contribution in [3.63, 3.8) is 0 Å². The smallest absolute Gasteiger partial charge is 0.412 e. The van der Waals surface area contributed by atoms with E-state index in [9.17, 15) is 4.79 Å². The fourth-order valence-corrected chi connectivity index (χ4v) is 6.50. The first-order valence-corrected chi connectivity index (χ1v) is 13.6. The molecule has 0 unspecified atom stereocenters. The van der Waals surface area contributed by atoms with E-state index < -0.39 is 18.4 Å². The number of hydrogen-bond donors (Lipinski definition) is 0. The van der Waals surface area contributed by atoms with Crippen LogP contribution in [0.1, 0.15) is 46.1 Å². The van der Waals surface area contributed by atoms with Gasteiger partial charge in [-0.25, -0.2) is 4.79 Å². The second kappa shape index (κ2) is 9.40. The molecule has 4 aromatic carbocycles. The summed E-state index contributed by atoms with van der Waals surface area (Å²) in [5.41, 5.74) is 7.59. The summed E-state index contributed by atoms with van der Waals surface area (Å²) in [6, 6.07) is 30.2. The van der Waals surface area contributed by atoms with E-state index in [0.29, 0.717) is 24.7 Å². The lowest BCUT2D eigenvalue weighted by molar-refractivity contribution is -0.0370. The number of nitrogens with zero attached hydrogens (tertiary/aromatic N) is 1. The molecule has 2 bridgehead atoms. The largest absolute Gasteiger partial charge is 0.454 e. The van der Waals surface area contributed by atoms with Crippen molar-refractivity contribution in [2.45, 2.75) is 30.9 Å². The Kier molecular flexibility index (Phi) is 5.53. The van der Waals surface area contributed by atoms with Crippen molar-refractivity contribution in [2.75, 3.05) is 20.0 Å². The molecule has 7 nitrogen and oxygen atoms in total. The van der Waals surface area contributed by atoms with Gasteiger partial charge in [0.2, 0.25) is 6.79 Å². The van der Waals surface area contributed by atoms with Crippen LogP contribution in [0, 0.1) is 0 Å². The molecule has 0 radical (unpaired) electrons. The van der Waals surface area contributed by atoms with E-state index in [1.165, 1.54) is 22.3 Å². The fraction of sp³-hybridized carbons (Fsp3) is 0.242. The molecule has 0 spiro atoms. The average Bonchev–Trinajstić information content (AvgIpc) is 3.70. The Balaban J connectivity index is 1.09. The van der Waals surface area contributed by atoms with Crippen molar-refractivity contribution in [1.82, 2.24) is 4.90 Å². The predicted octanol–water partition coefficient (Wildman–Crippen LogP) is 6.34. The first-order chi connectivity index (χ1) is 19.8. The first kappa shape index (κ1) is 23.5. The van der Waals surface area contributed by atoms with Crippen molar-refractivity contribution in [2.24, 2.45) is 0 Å². The van der Waals surface area contributed by atoms with Crippen LogP contribution < -0.4 is 9.47 Å². The highest BCUT2D eigenvalue weighted by Crippen LogP contribution is 2.51. The van der Waals surface area contributed by atoms with Crippen LogP contribution in [0.25, 0.3) is 11.1 Å². The number of fused-ring (bicyclic) bond motifs is 8. The lowest BCUT2D eigenvalue weighted by atomic mass is 9.91. The van der Waals surface area contributed by atoms with Gasteiger partial charge in [-0.05, 0) is 45.5 Å². The standard InChI is InChI=1S/C33H27NO6/c35-33(38-17-27-23-12-6-4-10-21(23)22-11-5-7-13-24(22)27)34-28-18-37-32(34)26-15-30-29(39-19-40-30)14-25(26)31(28)36-16-20-8-2-1-3-9-20/h1-15,27-28,31-32H,16-19H2/t28-,31+,32+/m1/s1. The normalized spacial score (nSPS) is 21.6. The summed E-state index contributed by atoms with van der Waals surface area (Å²) >= 11 is 0. The van der Waals surface area contributed by atoms with Crippen LogP contribution in [0.5, 0.6) is 11.5 Å². The fourth-order valence-electron chi connectivity index (χ4n) is 6.50. The molecule has 200 valence electrons. The maximum Gasteiger partial charge on any atom is 0.412 e. The Bertz CT molecular complexity index is 1560. The lowest BCUT2D eigenvalue weighted by Crippen LogP contribution is -2.46. The van der Waals surface area contributed by atoms with E-state index in [1.807, 2.05) is 66.7 Å². The van der Waals surface area contributed by atoms with E-state index in [0.717, 1.165) is 16.7 Å². The van der Waals surface area contributed by atoms with Gasteiger partial charge in [0.15, 0.2) is 17.7 Å². The summed E-state index contributed by atoms with van der Waals surface area (Å²) in [6.45, 7) is 1.15. The zero-order chi connectivity index (χ0) is 26.6. The van der Waals surface area contributed by atoms with Crippen LogP contribution in [-0.4, -0.2) is 37.0 Å². The van der Waals surface area contributed by atoms with E-state index in [4.69, 9.17) is 23.7 Å². The van der Waals surface area contributed by atoms with Crippen molar-refractivity contribution in [3.05, 3.63) is 119 Å². The Morgan fingerprint density at radius 1 is 0.800 bits per heavy atom. The molecule has 0 aromatic heterocycles. The molecule has 8 rings (SSSR count). The molecule has 1 saturated heterocycles. The Morgan fingerprint density at radius 2 is 1.45 bits per heavy atom. The van der Waals surface area contributed by atoms with Gasteiger partial charge in [-0.1, -0.05) is 78.9 Å². The number of ether oxygens (including phenoxy) is 5. The van der Waals surface area contributed by atoms with Gasteiger partial charge in [0, 0.05) is 11.5 Å². The highest BCUT2D eigenvalue weighted by Gasteiger charge is 2.51. The molecular weight excluding hydrogens is 506 g/mol. The van der Waals surface area contributed by atoms with Gasteiger partial charge in [0.25, 0.3) is 0 Å². The van der Waals surface area contributed by atoms with E-state index >= 15 is 0 Å². The third-order valence-corrected chi connectivity index (χ3v) is 8.35. The minimum absolute atomic E-state index is 0.0223. The highest BCUT2D eigenvalue weighted by atomic mass is 16.7. The second-order valence-corrected chi connectivity index (χ2v) is 10.5. The Labute approximate surface area is 231 Å². The van der Waals surface area contributed by atoms with E-state index in [1.54, 1.807) is 4.90 Å². The molecular formula is C33H27NO6. The number of hydrogen-bond acceptors (Lipinski definition) is 6. The first-order valence-electron chi connectivity index (χ1n) is 13.6. The van der Waals surface area contributed by atoms with Crippen LogP contribution in [0.15, 0.2) is 91.0 Å². The summed E-state index contributed by atoms with van der Waals surface area (Å²) in [4.78, 5) is 15.5. The molecule has 0 N–H and O–H groups in total. The van der Waals surface area contributed by atoms with Gasteiger partial charge in [-0.15, -0.1) is 0 Å². The monoisotopic (exact) mass is 533 g/mol. The summed E-state index contributed by atoms with van der Waals surface area (Å²) < 4.78 is 30.1. The SMILES string of the molecule is O=C(OCC1c2ccccc2-c2ccccc21)N1[C@@H]2CO[C@H]1c1cc3c(cc1[C@@H]2OCc1ccccc1)OCO3. The third kappa shape index (κ3) is 3.69. The summed E-state index contributed by atoms with van der Waals surface area (Å²) in [6.07, 6.45) is -1.41. The van der Waals surface area contributed by atoms with Gasteiger partial charge in [-0.2, -0.15) is 0 Å². The van der Waals surface area contributed by atoms with Crippen LogP contribution in [-0.2, 0) is 20.8 Å². The molecule has 1 amide bonds.